The highest BCUT2D eigenvalue weighted by Gasteiger charge is 1.94. The van der Waals surface area contributed by atoms with Crippen molar-refractivity contribution in [2.24, 2.45) is 5.16 Å². The fourth-order valence-corrected chi connectivity index (χ4v) is 1.02. The van der Waals surface area contributed by atoms with Gasteiger partial charge in [-0.3, -0.25) is 4.79 Å². The van der Waals surface area contributed by atoms with E-state index in [-0.39, 0.29) is 30.7 Å². The minimum absolute atomic E-state index is 0. The third-order valence-corrected chi connectivity index (χ3v) is 1.73. The standard InChI is InChI=1S/C9H20N4O2.2ClH/c1-13(2)7-3-4-10-5-6-11-9(14)8-12-15;;/h8,10,15H,3-7H2,1-2H3,(H,11,14);2*1H/b12-8+;;. The molecule has 0 radical (unpaired) electrons. The van der Waals surface area contributed by atoms with Gasteiger partial charge < -0.3 is 20.7 Å². The van der Waals surface area contributed by atoms with E-state index in [0.717, 1.165) is 32.3 Å². The number of hydrogen-bond acceptors (Lipinski definition) is 5. The lowest BCUT2D eigenvalue weighted by Crippen LogP contribution is -2.33. The van der Waals surface area contributed by atoms with Gasteiger partial charge in [0.2, 0.25) is 0 Å². The summed E-state index contributed by atoms with van der Waals surface area (Å²) in [5.41, 5.74) is 0. The van der Waals surface area contributed by atoms with E-state index >= 15 is 0 Å². The first-order valence-electron chi connectivity index (χ1n) is 4.97. The van der Waals surface area contributed by atoms with Gasteiger partial charge in [-0.15, -0.1) is 24.8 Å². The summed E-state index contributed by atoms with van der Waals surface area (Å²) in [6.45, 7) is 3.24. The molecule has 0 aliphatic carbocycles. The van der Waals surface area contributed by atoms with Crippen LogP contribution in [0.5, 0.6) is 0 Å². The Kier molecular flexibility index (Phi) is 19.7. The number of amides is 1. The van der Waals surface area contributed by atoms with Crippen molar-refractivity contribution in [3.63, 3.8) is 0 Å². The Morgan fingerprint density at radius 1 is 1.29 bits per heavy atom. The van der Waals surface area contributed by atoms with Crippen molar-refractivity contribution < 1.29 is 10.0 Å². The molecule has 0 aliphatic rings. The Hall–Kier alpha value is -0.560. The Morgan fingerprint density at radius 3 is 2.47 bits per heavy atom. The van der Waals surface area contributed by atoms with Crippen LogP contribution in [-0.4, -0.2) is 62.5 Å². The Balaban J connectivity index is -0.000000980. The zero-order chi connectivity index (χ0) is 11.5. The van der Waals surface area contributed by atoms with Crippen molar-refractivity contribution in [3.8, 4) is 0 Å². The summed E-state index contributed by atoms with van der Waals surface area (Å²) in [5, 5.41) is 16.4. The van der Waals surface area contributed by atoms with Crippen LogP contribution >= 0.6 is 24.8 Å². The van der Waals surface area contributed by atoms with Crippen LogP contribution in [0.4, 0.5) is 0 Å². The van der Waals surface area contributed by atoms with Gasteiger partial charge in [0.15, 0.2) is 0 Å². The number of hydrogen-bond donors (Lipinski definition) is 3. The van der Waals surface area contributed by atoms with E-state index < -0.39 is 0 Å². The minimum atomic E-state index is -0.382. The van der Waals surface area contributed by atoms with Crippen molar-refractivity contribution in [2.75, 3.05) is 40.3 Å². The highest BCUT2D eigenvalue weighted by Crippen LogP contribution is 1.79. The molecule has 0 rings (SSSR count). The molecule has 0 fully saturated rings. The maximum atomic E-state index is 10.8. The van der Waals surface area contributed by atoms with E-state index in [2.05, 4.69) is 20.7 Å². The molecule has 0 aromatic heterocycles. The predicted octanol–water partition coefficient (Wildman–Crippen LogP) is -0.0525. The third kappa shape index (κ3) is 18.0. The quantitative estimate of drug-likeness (QED) is 0.253. The Labute approximate surface area is 115 Å². The molecule has 0 aromatic carbocycles. The molecule has 0 unspecified atom stereocenters. The number of carbonyl (C=O) groups is 1. The van der Waals surface area contributed by atoms with Crippen molar-refractivity contribution in [2.45, 2.75) is 6.42 Å². The summed E-state index contributed by atoms with van der Waals surface area (Å²) < 4.78 is 0. The highest BCUT2D eigenvalue weighted by atomic mass is 35.5. The fraction of sp³-hybridized carbons (Fsp3) is 0.778. The van der Waals surface area contributed by atoms with Gasteiger partial charge in [0, 0.05) is 13.1 Å². The average molecular weight is 289 g/mol. The lowest BCUT2D eigenvalue weighted by molar-refractivity contribution is -0.114. The molecule has 6 nitrogen and oxygen atoms in total. The number of rotatable bonds is 8. The van der Waals surface area contributed by atoms with Gasteiger partial charge in [-0.1, -0.05) is 5.16 Å². The van der Waals surface area contributed by atoms with Crippen molar-refractivity contribution in [3.05, 3.63) is 0 Å². The number of carbonyl (C=O) groups excluding carboxylic acids is 1. The van der Waals surface area contributed by atoms with Crippen molar-refractivity contribution in [1.82, 2.24) is 15.5 Å². The lowest BCUT2D eigenvalue weighted by atomic mass is 10.4. The van der Waals surface area contributed by atoms with Crippen LogP contribution in [0.2, 0.25) is 0 Å². The van der Waals surface area contributed by atoms with Crippen molar-refractivity contribution in [1.29, 1.82) is 0 Å². The number of nitrogens with zero attached hydrogens (tertiary/aromatic N) is 2. The molecule has 0 saturated heterocycles. The predicted molar refractivity (Wildman–Crippen MR) is 73.8 cm³/mol. The molecule has 3 N–H and O–H groups in total. The molecule has 0 atom stereocenters. The largest absolute Gasteiger partial charge is 0.411 e. The Bertz CT molecular complexity index is 203. The van der Waals surface area contributed by atoms with E-state index in [9.17, 15) is 4.79 Å². The fourth-order valence-electron chi connectivity index (χ4n) is 1.02. The van der Waals surface area contributed by atoms with E-state index in [1.807, 2.05) is 14.1 Å². The maximum Gasteiger partial charge on any atom is 0.265 e. The van der Waals surface area contributed by atoms with E-state index in [0.29, 0.717) is 6.54 Å². The summed E-state index contributed by atoms with van der Waals surface area (Å²) >= 11 is 0. The van der Waals surface area contributed by atoms with Crippen LogP contribution in [0.3, 0.4) is 0 Å². The zero-order valence-corrected chi connectivity index (χ0v) is 11.8. The summed E-state index contributed by atoms with van der Waals surface area (Å²) in [4.78, 5) is 12.9. The van der Waals surface area contributed by atoms with E-state index in [4.69, 9.17) is 5.21 Å². The topological polar surface area (TPSA) is 77.0 Å². The van der Waals surface area contributed by atoms with Gasteiger partial charge in [0.05, 0.1) is 0 Å². The Morgan fingerprint density at radius 2 is 1.94 bits per heavy atom. The molecule has 0 saturated carbocycles. The summed E-state index contributed by atoms with van der Waals surface area (Å²) in [5.74, 6) is -0.382. The molecule has 0 heterocycles. The minimum Gasteiger partial charge on any atom is -0.411 e. The number of halogens is 2. The second kappa shape index (κ2) is 15.4. The SMILES string of the molecule is CN(C)CCCNCCNC(=O)/C=N/O.Cl.Cl. The molecule has 0 spiro atoms. The molecular weight excluding hydrogens is 267 g/mol. The van der Waals surface area contributed by atoms with E-state index in [1.54, 1.807) is 0 Å². The average Bonchev–Trinajstić information content (AvgIpc) is 2.16. The van der Waals surface area contributed by atoms with E-state index in [1.165, 1.54) is 0 Å². The lowest BCUT2D eigenvalue weighted by Gasteiger charge is -2.09. The first kappa shape index (κ1) is 21.7. The van der Waals surface area contributed by atoms with Gasteiger partial charge in [0.1, 0.15) is 6.21 Å². The van der Waals surface area contributed by atoms with Crippen LogP contribution in [0.15, 0.2) is 5.16 Å². The molecule has 1 amide bonds. The second-order valence-electron chi connectivity index (χ2n) is 3.44. The molecule has 104 valence electrons. The van der Waals surface area contributed by atoms with Crippen LogP contribution in [0.25, 0.3) is 0 Å². The molecule has 0 aliphatic heterocycles. The normalized spacial score (nSPS) is 9.82. The molecule has 17 heavy (non-hydrogen) atoms. The third-order valence-electron chi connectivity index (χ3n) is 1.73. The summed E-state index contributed by atoms with van der Waals surface area (Å²) in [7, 11) is 4.07. The van der Waals surface area contributed by atoms with Crippen LogP contribution in [0, 0.1) is 0 Å². The summed E-state index contributed by atoms with van der Waals surface area (Å²) in [6.07, 6.45) is 1.92. The first-order chi connectivity index (χ1) is 7.16. The van der Waals surface area contributed by atoms with Crippen LogP contribution < -0.4 is 10.6 Å². The van der Waals surface area contributed by atoms with Gasteiger partial charge in [0.25, 0.3) is 5.91 Å². The first-order valence-corrected chi connectivity index (χ1v) is 4.97. The van der Waals surface area contributed by atoms with Crippen molar-refractivity contribution >= 4 is 36.9 Å². The highest BCUT2D eigenvalue weighted by molar-refractivity contribution is 6.25. The van der Waals surface area contributed by atoms with Crippen LogP contribution in [-0.2, 0) is 4.79 Å². The van der Waals surface area contributed by atoms with Crippen LogP contribution in [0.1, 0.15) is 6.42 Å². The number of oxime groups is 1. The smallest absolute Gasteiger partial charge is 0.265 e. The molecule has 8 heteroatoms. The molecule has 0 bridgehead atoms. The maximum absolute atomic E-state index is 10.8. The molecular formula is C9H22Cl2N4O2. The van der Waals surface area contributed by atoms with Gasteiger partial charge >= 0.3 is 0 Å². The molecule has 0 aromatic rings. The van der Waals surface area contributed by atoms with Gasteiger partial charge in [-0.05, 0) is 33.6 Å². The van der Waals surface area contributed by atoms with Gasteiger partial charge in [-0.25, -0.2) is 0 Å². The second-order valence-corrected chi connectivity index (χ2v) is 3.44. The van der Waals surface area contributed by atoms with Gasteiger partial charge in [-0.2, -0.15) is 0 Å². The zero-order valence-electron chi connectivity index (χ0n) is 10.2. The summed E-state index contributed by atoms with van der Waals surface area (Å²) in [6, 6.07) is 0. The monoisotopic (exact) mass is 288 g/mol. The number of nitrogens with one attached hydrogen (secondary N) is 2.